The van der Waals surface area contributed by atoms with Gasteiger partial charge >= 0.3 is 6.18 Å². The first-order valence-corrected chi connectivity index (χ1v) is 7.04. The van der Waals surface area contributed by atoms with Crippen LogP contribution in [0.15, 0.2) is 12.1 Å². The molecule has 9 heteroatoms. The number of nitrogens with one attached hydrogen (secondary N) is 1. The summed E-state index contributed by atoms with van der Waals surface area (Å²) in [5.41, 5.74) is 0.0314. The zero-order valence-corrected chi connectivity index (χ0v) is 13.1. The van der Waals surface area contributed by atoms with Crippen LogP contribution in [0.3, 0.4) is 0 Å². The lowest BCUT2D eigenvalue weighted by atomic mass is 9.97. The zero-order valence-electron chi connectivity index (χ0n) is 12.3. The Morgan fingerprint density at radius 1 is 1.09 bits per heavy atom. The molecule has 1 atom stereocenters. The highest BCUT2D eigenvalue weighted by atomic mass is 35.5. The topological polar surface area (TPSA) is 76.0 Å². The Morgan fingerprint density at radius 2 is 1.61 bits per heavy atom. The number of rotatable bonds is 4. The molecular formula is C14H20ClF3N2O3. The van der Waals surface area contributed by atoms with E-state index in [2.05, 4.69) is 5.32 Å². The minimum absolute atomic E-state index is 0. The van der Waals surface area contributed by atoms with E-state index in [0.717, 1.165) is 12.1 Å². The third-order valence-corrected chi connectivity index (χ3v) is 3.75. The number of phenolic OH excluding ortho intramolecular Hbond substituents is 3. The fourth-order valence-electron chi connectivity index (χ4n) is 2.75. The molecule has 0 amide bonds. The molecule has 1 aromatic rings. The van der Waals surface area contributed by atoms with Gasteiger partial charge in [-0.05, 0) is 6.42 Å². The summed E-state index contributed by atoms with van der Waals surface area (Å²) in [5.74, 6) is -1.14. The molecule has 0 aliphatic carbocycles. The Labute approximate surface area is 138 Å². The van der Waals surface area contributed by atoms with Gasteiger partial charge < -0.3 is 20.6 Å². The molecule has 1 aliphatic rings. The second kappa shape index (κ2) is 7.94. The predicted octanol–water partition coefficient (Wildman–Crippen LogP) is 2.51. The number of halogens is 4. The van der Waals surface area contributed by atoms with E-state index in [0.29, 0.717) is 26.2 Å². The summed E-state index contributed by atoms with van der Waals surface area (Å²) in [6, 6.07) is 1.29. The molecule has 0 spiro atoms. The van der Waals surface area contributed by atoms with E-state index >= 15 is 0 Å². The largest absolute Gasteiger partial charge is 0.508 e. The first-order valence-electron chi connectivity index (χ1n) is 7.04. The molecule has 1 heterocycles. The van der Waals surface area contributed by atoms with Crippen LogP contribution in [-0.2, 0) is 0 Å². The van der Waals surface area contributed by atoms with Crippen LogP contribution < -0.4 is 5.32 Å². The SMILES string of the molecule is Cl.Oc1cc(O)c([C@@H](CCC(F)(F)F)N2CCNCC2)c(O)c1. The summed E-state index contributed by atoms with van der Waals surface area (Å²) < 4.78 is 37.7. The van der Waals surface area contributed by atoms with Crippen LogP contribution in [0.4, 0.5) is 13.2 Å². The van der Waals surface area contributed by atoms with Crippen molar-refractivity contribution in [2.24, 2.45) is 0 Å². The van der Waals surface area contributed by atoms with Gasteiger partial charge in [0.05, 0.1) is 5.56 Å². The lowest BCUT2D eigenvalue weighted by Gasteiger charge is -2.36. The molecule has 1 saturated heterocycles. The van der Waals surface area contributed by atoms with Crippen molar-refractivity contribution in [2.75, 3.05) is 26.2 Å². The molecule has 0 bridgehead atoms. The maximum atomic E-state index is 12.6. The van der Waals surface area contributed by atoms with Crippen molar-refractivity contribution in [3.8, 4) is 17.2 Å². The monoisotopic (exact) mass is 356 g/mol. The molecule has 23 heavy (non-hydrogen) atoms. The molecule has 0 saturated carbocycles. The van der Waals surface area contributed by atoms with E-state index in [-0.39, 0.29) is 30.1 Å². The minimum Gasteiger partial charge on any atom is -0.508 e. The molecule has 2 rings (SSSR count). The number of hydrogen-bond acceptors (Lipinski definition) is 5. The van der Waals surface area contributed by atoms with E-state index in [4.69, 9.17) is 0 Å². The standard InChI is InChI=1S/C14H19F3N2O3.ClH/c15-14(16,17)2-1-10(19-5-3-18-4-6-19)13-11(21)7-9(20)8-12(13)22;/h7-8,10,18,20-22H,1-6H2;1H/t10-;/m1./s1. The Kier molecular flexibility index (Phi) is 6.79. The number of nitrogens with zero attached hydrogens (tertiary/aromatic N) is 1. The van der Waals surface area contributed by atoms with Gasteiger partial charge in [-0.25, -0.2) is 0 Å². The fourth-order valence-corrected chi connectivity index (χ4v) is 2.75. The van der Waals surface area contributed by atoms with Gasteiger partial charge in [-0.15, -0.1) is 12.4 Å². The number of alkyl halides is 3. The van der Waals surface area contributed by atoms with Crippen molar-refractivity contribution in [1.29, 1.82) is 0 Å². The van der Waals surface area contributed by atoms with Gasteiger partial charge in [-0.1, -0.05) is 0 Å². The lowest BCUT2D eigenvalue weighted by Crippen LogP contribution is -2.45. The van der Waals surface area contributed by atoms with Crippen LogP contribution >= 0.6 is 12.4 Å². The first-order chi connectivity index (χ1) is 10.3. The second-order valence-corrected chi connectivity index (χ2v) is 5.35. The highest BCUT2D eigenvalue weighted by molar-refractivity contribution is 5.85. The highest BCUT2D eigenvalue weighted by Crippen LogP contribution is 2.42. The lowest BCUT2D eigenvalue weighted by molar-refractivity contribution is -0.138. The maximum absolute atomic E-state index is 12.6. The van der Waals surface area contributed by atoms with Crippen molar-refractivity contribution in [2.45, 2.75) is 25.1 Å². The average Bonchev–Trinajstić information content (AvgIpc) is 2.41. The number of phenols is 3. The van der Waals surface area contributed by atoms with Crippen LogP contribution in [0.25, 0.3) is 0 Å². The van der Waals surface area contributed by atoms with Crippen molar-refractivity contribution in [3.63, 3.8) is 0 Å². The van der Waals surface area contributed by atoms with Crippen molar-refractivity contribution in [1.82, 2.24) is 10.2 Å². The number of aromatic hydroxyl groups is 3. The van der Waals surface area contributed by atoms with Crippen LogP contribution in [0.1, 0.15) is 24.4 Å². The fraction of sp³-hybridized carbons (Fsp3) is 0.571. The Balaban J connectivity index is 0.00000264. The Bertz CT molecular complexity index is 499. The van der Waals surface area contributed by atoms with Gasteiger partial charge in [0.15, 0.2) is 0 Å². The smallest absolute Gasteiger partial charge is 0.389 e. The second-order valence-electron chi connectivity index (χ2n) is 5.35. The quantitative estimate of drug-likeness (QED) is 0.667. The van der Waals surface area contributed by atoms with Gasteiger partial charge in [0, 0.05) is 50.8 Å². The van der Waals surface area contributed by atoms with Crippen LogP contribution in [0.2, 0.25) is 0 Å². The maximum Gasteiger partial charge on any atom is 0.389 e. The molecule has 0 radical (unpaired) electrons. The third-order valence-electron chi connectivity index (χ3n) is 3.75. The molecule has 1 aromatic carbocycles. The molecule has 132 valence electrons. The van der Waals surface area contributed by atoms with E-state index < -0.39 is 30.1 Å². The molecule has 1 aliphatic heterocycles. The number of hydrogen-bond donors (Lipinski definition) is 4. The van der Waals surface area contributed by atoms with E-state index in [1.807, 2.05) is 0 Å². The summed E-state index contributed by atoms with van der Waals surface area (Å²) in [7, 11) is 0. The summed E-state index contributed by atoms with van der Waals surface area (Å²) in [4.78, 5) is 1.80. The van der Waals surface area contributed by atoms with Crippen molar-refractivity contribution < 1.29 is 28.5 Å². The Hall–Kier alpha value is -1.38. The van der Waals surface area contributed by atoms with E-state index in [1.165, 1.54) is 0 Å². The zero-order chi connectivity index (χ0) is 16.3. The molecule has 5 nitrogen and oxygen atoms in total. The highest BCUT2D eigenvalue weighted by Gasteiger charge is 2.33. The molecule has 0 aromatic heterocycles. The summed E-state index contributed by atoms with van der Waals surface area (Å²) >= 11 is 0. The first kappa shape index (κ1) is 19.7. The van der Waals surface area contributed by atoms with Gasteiger partial charge in [0.1, 0.15) is 17.2 Å². The van der Waals surface area contributed by atoms with Gasteiger partial charge in [0.2, 0.25) is 0 Å². The minimum atomic E-state index is -4.31. The molecule has 1 fully saturated rings. The predicted molar refractivity (Wildman–Crippen MR) is 81.2 cm³/mol. The van der Waals surface area contributed by atoms with E-state index in [1.54, 1.807) is 4.90 Å². The van der Waals surface area contributed by atoms with Crippen LogP contribution in [0.5, 0.6) is 17.2 Å². The van der Waals surface area contributed by atoms with E-state index in [9.17, 15) is 28.5 Å². The summed E-state index contributed by atoms with van der Waals surface area (Å²) in [5, 5.41) is 32.4. The number of benzene rings is 1. The normalized spacial score (nSPS) is 17.5. The number of piperazine rings is 1. The third kappa shape index (κ3) is 5.33. The van der Waals surface area contributed by atoms with Gasteiger partial charge in [-0.2, -0.15) is 13.2 Å². The Morgan fingerprint density at radius 3 is 2.09 bits per heavy atom. The molecule has 0 unspecified atom stereocenters. The van der Waals surface area contributed by atoms with Crippen molar-refractivity contribution in [3.05, 3.63) is 17.7 Å². The summed E-state index contributed by atoms with van der Waals surface area (Å²) in [6.07, 6.45) is -5.59. The van der Waals surface area contributed by atoms with Crippen molar-refractivity contribution >= 4 is 12.4 Å². The van der Waals surface area contributed by atoms with Crippen LogP contribution in [0, 0.1) is 0 Å². The van der Waals surface area contributed by atoms with Crippen LogP contribution in [-0.4, -0.2) is 52.6 Å². The summed E-state index contributed by atoms with van der Waals surface area (Å²) in [6.45, 7) is 2.29. The van der Waals surface area contributed by atoms with Gasteiger partial charge in [0.25, 0.3) is 0 Å². The molecular weight excluding hydrogens is 337 g/mol. The average molecular weight is 357 g/mol. The van der Waals surface area contributed by atoms with Gasteiger partial charge in [-0.3, -0.25) is 4.90 Å². The molecule has 4 N–H and O–H groups in total.